The van der Waals surface area contributed by atoms with Gasteiger partial charge in [-0.2, -0.15) is 0 Å². The molecule has 3 aromatic carbocycles. The number of halogens is 7. The maximum Gasteiger partial charge on any atom is 0.257 e. The van der Waals surface area contributed by atoms with Crippen LogP contribution in [0.15, 0.2) is 61.2 Å². The number of carbonyl (C=O) groups excluding carboxylic acids is 3. The second kappa shape index (κ2) is 11.9. The van der Waals surface area contributed by atoms with Gasteiger partial charge in [-0.3, -0.25) is 14.4 Å². The topological polar surface area (TPSA) is 87.3 Å². The van der Waals surface area contributed by atoms with Crippen LogP contribution in [0.5, 0.6) is 0 Å². The molecule has 1 aliphatic rings. The molecule has 0 bridgehead atoms. The number of alkyl halides is 2. The van der Waals surface area contributed by atoms with E-state index in [0.717, 1.165) is 12.1 Å². The van der Waals surface area contributed by atoms with Crippen molar-refractivity contribution >= 4 is 92.8 Å². The standard InChI is InChI=1S/C27H18Cl5F2N3O3/c1-2-3-20(38)37-24-18(33)8-9-19(23(24)34)36-25(39)14-11-13(5-7-15(14)28)35-26(40)22-21(27(22,31)32)12-4-6-16(29)17(30)10-12/h2,4-11,21-22H,1,3H2,(H,35,40)(H,36,39)(H,37,38)/t21-,22+/m0/s1. The molecule has 0 heterocycles. The third-order valence-electron chi connectivity index (χ3n) is 6.05. The van der Waals surface area contributed by atoms with Crippen LogP contribution >= 0.6 is 58.0 Å². The highest BCUT2D eigenvalue weighted by molar-refractivity contribution is 6.53. The van der Waals surface area contributed by atoms with Crippen molar-refractivity contribution in [2.45, 2.75) is 16.7 Å². The summed E-state index contributed by atoms with van der Waals surface area (Å²) in [7, 11) is 0. The maximum absolute atomic E-state index is 14.9. The minimum atomic E-state index is -1.41. The van der Waals surface area contributed by atoms with Crippen molar-refractivity contribution in [2.75, 3.05) is 16.0 Å². The molecule has 0 spiro atoms. The molecule has 13 heteroatoms. The first-order chi connectivity index (χ1) is 18.8. The molecule has 1 saturated carbocycles. The van der Waals surface area contributed by atoms with E-state index < -0.39 is 56.9 Å². The van der Waals surface area contributed by atoms with Gasteiger partial charge < -0.3 is 16.0 Å². The molecule has 2 atom stereocenters. The largest absolute Gasteiger partial charge is 0.326 e. The first kappa shape index (κ1) is 30.1. The number of anilines is 3. The minimum Gasteiger partial charge on any atom is -0.326 e. The van der Waals surface area contributed by atoms with Crippen LogP contribution in [0.25, 0.3) is 0 Å². The fourth-order valence-corrected chi connectivity index (χ4v) is 5.38. The van der Waals surface area contributed by atoms with E-state index in [1.807, 2.05) is 0 Å². The summed E-state index contributed by atoms with van der Waals surface area (Å²) in [5.74, 6) is -5.73. The third-order valence-corrected chi connectivity index (χ3v) is 8.06. The molecule has 0 radical (unpaired) electrons. The van der Waals surface area contributed by atoms with Gasteiger partial charge in [-0.25, -0.2) is 8.78 Å². The molecule has 3 N–H and O–H groups in total. The Kier molecular flexibility index (Phi) is 8.97. The lowest BCUT2D eigenvalue weighted by Gasteiger charge is -2.13. The minimum absolute atomic E-state index is 0.0123. The van der Waals surface area contributed by atoms with Gasteiger partial charge in [-0.15, -0.1) is 29.8 Å². The van der Waals surface area contributed by atoms with Crippen LogP contribution < -0.4 is 16.0 Å². The SMILES string of the molecule is C=CCC(=O)Nc1c(F)ccc(NC(=O)c2cc(NC(=O)[C@H]3[C@H](c4ccc(Cl)c(Cl)c4)C3(Cl)Cl)ccc2Cl)c1F. The molecule has 0 aliphatic heterocycles. The summed E-state index contributed by atoms with van der Waals surface area (Å²) < 4.78 is 27.7. The molecule has 3 amide bonds. The van der Waals surface area contributed by atoms with Crippen LogP contribution in [0.1, 0.15) is 28.3 Å². The van der Waals surface area contributed by atoms with Crippen molar-refractivity contribution in [1.82, 2.24) is 0 Å². The number of nitrogens with one attached hydrogen (secondary N) is 3. The fraction of sp³-hybridized carbons (Fsp3) is 0.148. The van der Waals surface area contributed by atoms with Gasteiger partial charge in [0.25, 0.3) is 5.91 Å². The highest BCUT2D eigenvalue weighted by Crippen LogP contribution is 2.65. The smallest absolute Gasteiger partial charge is 0.257 e. The van der Waals surface area contributed by atoms with Crippen LogP contribution in [-0.2, 0) is 9.59 Å². The molecule has 6 nitrogen and oxygen atoms in total. The van der Waals surface area contributed by atoms with Crippen LogP contribution in [0, 0.1) is 17.6 Å². The van der Waals surface area contributed by atoms with E-state index in [9.17, 15) is 23.2 Å². The molecule has 3 aromatic rings. The molecular weight excluding hydrogens is 630 g/mol. The third kappa shape index (κ3) is 6.21. The van der Waals surface area contributed by atoms with Crippen LogP contribution in [0.3, 0.4) is 0 Å². The van der Waals surface area contributed by atoms with Gasteiger partial charge in [0.05, 0.1) is 32.2 Å². The van der Waals surface area contributed by atoms with Gasteiger partial charge in [-0.05, 0) is 48.0 Å². The molecule has 1 fully saturated rings. The second-order valence-corrected chi connectivity index (χ2v) is 11.4. The van der Waals surface area contributed by atoms with Crippen LogP contribution in [0.4, 0.5) is 25.8 Å². The monoisotopic (exact) mass is 645 g/mol. The van der Waals surface area contributed by atoms with E-state index in [4.69, 9.17) is 58.0 Å². The molecule has 4 rings (SSSR count). The average Bonchev–Trinajstić information content (AvgIpc) is 3.48. The number of benzene rings is 3. The summed E-state index contributed by atoms with van der Waals surface area (Å²) in [5, 5.41) is 7.65. The molecule has 1 aliphatic carbocycles. The Morgan fingerprint density at radius 1 is 0.900 bits per heavy atom. The van der Waals surface area contributed by atoms with Crippen molar-refractivity contribution in [1.29, 1.82) is 0 Å². The van der Waals surface area contributed by atoms with Crippen molar-refractivity contribution in [3.05, 3.63) is 99.0 Å². The molecule has 40 heavy (non-hydrogen) atoms. The maximum atomic E-state index is 14.9. The molecular formula is C27H18Cl5F2N3O3. The van der Waals surface area contributed by atoms with Gasteiger partial charge in [0.15, 0.2) is 5.82 Å². The van der Waals surface area contributed by atoms with Crippen molar-refractivity contribution in [3.8, 4) is 0 Å². The van der Waals surface area contributed by atoms with Crippen LogP contribution in [-0.4, -0.2) is 22.1 Å². The van der Waals surface area contributed by atoms with Gasteiger partial charge in [-0.1, -0.05) is 46.9 Å². The Morgan fingerprint density at radius 3 is 2.27 bits per heavy atom. The van der Waals surface area contributed by atoms with Gasteiger partial charge in [0.2, 0.25) is 11.8 Å². The zero-order valence-electron chi connectivity index (χ0n) is 20.1. The number of hydrogen-bond donors (Lipinski definition) is 3. The Hall–Kier alpha value is -2.88. The summed E-state index contributed by atoms with van der Waals surface area (Å²) in [6.45, 7) is 3.39. The highest BCUT2D eigenvalue weighted by atomic mass is 35.5. The number of amides is 3. The summed E-state index contributed by atoms with van der Waals surface area (Å²) in [6, 6.07) is 10.8. The zero-order valence-corrected chi connectivity index (χ0v) is 23.9. The lowest BCUT2D eigenvalue weighted by molar-refractivity contribution is -0.117. The van der Waals surface area contributed by atoms with Crippen molar-refractivity contribution in [2.24, 2.45) is 5.92 Å². The van der Waals surface area contributed by atoms with Gasteiger partial charge in [0, 0.05) is 18.0 Å². The Labute approximate surface area is 252 Å². The summed E-state index contributed by atoms with van der Waals surface area (Å²) >= 11 is 31.0. The van der Waals surface area contributed by atoms with E-state index in [1.54, 1.807) is 18.2 Å². The van der Waals surface area contributed by atoms with E-state index >= 15 is 0 Å². The number of carbonyl (C=O) groups is 3. The molecule has 0 unspecified atom stereocenters. The zero-order chi connectivity index (χ0) is 29.4. The van der Waals surface area contributed by atoms with E-state index in [0.29, 0.717) is 10.6 Å². The summed E-state index contributed by atoms with van der Waals surface area (Å²) in [4.78, 5) is 37.8. The predicted octanol–water partition coefficient (Wildman–Crippen LogP) is 8.22. The number of hydrogen-bond acceptors (Lipinski definition) is 3. The van der Waals surface area contributed by atoms with Crippen LogP contribution in [0.2, 0.25) is 15.1 Å². The Bertz CT molecular complexity index is 1550. The highest BCUT2D eigenvalue weighted by Gasteiger charge is 2.67. The second-order valence-electron chi connectivity index (χ2n) is 8.77. The summed E-state index contributed by atoms with van der Waals surface area (Å²) in [5.41, 5.74) is -0.469. The van der Waals surface area contributed by atoms with E-state index in [2.05, 4.69) is 22.5 Å². The van der Waals surface area contributed by atoms with Gasteiger partial charge in [0.1, 0.15) is 15.8 Å². The lowest BCUT2D eigenvalue weighted by atomic mass is 10.1. The van der Waals surface area contributed by atoms with E-state index in [1.165, 1.54) is 24.3 Å². The lowest BCUT2D eigenvalue weighted by Crippen LogP contribution is -2.19. The fourth-order valence-electron chi connectivity index (χ4n) is 4.05. The first-order valence-corrected chi connectivity index (χ1v) is 13.4. The molecule has 0 saturated heterocycles. The summed E-state index contributed by atoms with van der Waals surface area (Å²) in [6.07, 6.45) is 1.09. The molecule has 208 valence electrons. The first-order valence-electron chi connectivity index (χ1n) is 11.5. The quantitative estimate of drug-likeness (QED) is 0.170. The Morgan fingerprint density at radius 2 is 1.60 bits per heavy atom. The van der Waals surface area contributed by atoms with E-state index in [-0.39, 0.29) is 27.7 Å². The Balaban J connectivity index is 1.51. The predicted molar refractivity (Wildman–Crippen MR) is 155 cm³/mol. The van der Waals surface area contributed by atoms with Crippen molar-refractivity contribution < 1.29 is 23.2 Å². The average molecular weight is 648 g/mol. The molecule has 0 aromatic heterocycles. The normalized spacial score (nSPS) is 17.1. The van der Waals surface area contributed by atoms with Crippen molar-refractivity contribution in [3.63, 3.8) is 0 Å². The number of rotatable bonds is 8. The van der Waals surface area contributed by atoms with Gasteiger partial charge >= 0.3 is 0 Å².